The number of aliphatic carboxylic acids is 1. The Balaban J connectivity index is 3.69. The molecule has 5 N–H and O–H groups in total. The zero-order valence-corrected chi connectivity index (χ0v) is 6.65. The van der Waals surface area contributed by atoms with Gasteiger partial charge in [-0.2, -0.15) is 0 Å². The van der Waals surface area contributed by atoms with Crippen molar-refractivity contribution in [2.24, 2.45) is 5.73 Å². The Bertz CT molecular complexity index is 180. The van der Waals surface area contributed by atoms with Crippen LogP contribution >= 0.6 is 0 Å². The smallest absolute Gasteiger partial charge is 0.334 e. The lowest BCUT2D eigenvalue weighted by Crippen LogP contribution is -2.43. The molecule has 0 spiro atoms. The third-order valence-corrected chi connectivity index (χ3v) is 1.17. The van der Waals surface area contributed by atoms with Gasteiger partial charge in [-0.3, -0.25) is 4.79 Å². The quantitative estimate of drug-likeness (QED) is 0.392. The molecule has 0 fully saturated rings. The van der Waals surface area contributed by atoms with Gasteiger partial charge in [0, 0.05) is 0 Å². The topological polar surface area (TPSA) is 113 Å². The van der Waals surface area contributed by atoms with Gasteiger partial charge in [-0.05, 0) is 6.92 Å². The lowest BCUT2D eigenvalue weighted by molar-refractivity contribution is -0.146. The van der Waals surface area contributed by atoms with Crippen LogP contribution in [0.3, 0.4) is 0 Å². The number of carbonyl (C=O) groups excluding carboxylic acids is 1. The Morgan fingerprint density at radius 2 is 2.08 bits per heavy atom. The monoisotopic (exact) mass is 176 g/mol. The Labute approximate surface area is 69.4 Å². The van der Waals surface area contributed by atoms with Gasteiger partial charge in [0.2, 0.25) is 5.91 Å². The molecule has 0 radical (unpaired) electrons. The van der Waals surface area contributed by atoms with Crippen LogP contribution in [0.5, 0.6) is 0 Å². The second kappa shape index (κ2) is 4.68. The van der Waals surface area contributed by atoms with Gasteiger partial charge >= 0.3 is 5.97 Å². The van der Waals surface area contributed by atoms with Crippen LogP contribution in [0.4, 0.5) is 0 Å². The lowest BCUT2D eigenvalue weighted by Gasteiger charge is -2.09. The van der Waals surface area contributed by atoms with E-state index in [9.17, 15) is 9.59 Å². The highest BCUT2D eigenvalue weighted by Gasteiger charge is 2.15. The predicted octanol–water partition coefficient (Wildman–Crippen LogP) is -2.10. The Hall–Kier alpha value is -1.14. The number of amides is 1. The van der Waals surface area contributed by atoms with Crippen LogP contribution in [0.25, 0.3) is 0 Å². The van der Waals surface area contributed by atoms with E-state index in [1.165, 1.54) is 6.92 Å². The summed E-state index contributed by atoms with van der Waals surface area (Å²) in [6, 6.07) is -0.703. The van der Waals surface area contributed by atoms with Crippen LogP contribution in [-0.4, -0.2) is 40.8 Å². The van der Waals surface area contributed by atoms with Gasteiger partial charge in [0.25, 0.3) is 0 Å². The summed E-state index contributed by atoms with van der Waals surface area (Å²) in [5.41, 5.74) is 5.16. The zero-order chi connectivity index (χ0) is 9.72. The summed E-state index contributed by atoms with van der Waals surface area (Å²) in [7, 11) is 0. The molecule has 0 saturated heterocycles. The fourth-order valence-corrected chi connectivity index (χ4v) is 0.446. The summed E-state index contributed by atoms with van der Waals surface area (Å²) < 4.78 is 0. The highest BCUT2D eigenvalue weighted by atomic mass is 16.4. The van der Waals surface area contributed by atoms with E-state index < -0.39 is 24.0 Å². The van der Waals surface area contributed by atoms with E-state index in [2.05, 4.69) is 5.32 Å². The number of carboxylic acid groups (broad SMARTS) is 1. The molecule has 2 atom stereocenters. The first-order chi connectivity index (χ1) is 5.45. The first-order valence-corrected chi connectivity index (χ1v) is 3.39. The minimum atomic E-state index is -1.58. The third kappa shape index (κ3) is 3.89. The SMILES string of the molecule is CC(N)C(=O)NC[C@H](O)C(=O)O. The fourth-order valence-electron chi connectivity index (χ4n) is 0.446. The van der Waals surface area contributed by atoms with Crippen molar-refractivity contribution in [3.63, 3.8) is 0 Å². The molecule has 1 unspecified atom stereocenters. The Kier molecular flexibility index (Phi) is 4.24. The number of aliphatic hydroxyl groups is 1. The van der Waals surface area contributed by atoms with Gasteiger partial charge in [-0.1, -0.05) is 0 Å². The van der Waals surface area contributed by atoms with E-state index in [-0.39, 0.29) is 6.54 Å². The van der Waals surface area contributed by atoms with Crippen molar-refractivity contribution in [1.82, 2.24) is 5.32 Å². The number of carbonyl (C=O) groups is 2. The summed E-state index contributed by atoms with van der Waals surface area (Å²) in [4.78, 5) is 20.8. The molecule has 0 aliphatic heterocycles. The van der Waals surface area contributed by atoms with Crippen LogP contribution in [0, 0.1) is 0 Å². The van der Waals surface area contributed by atoms with Gasteiger partial charge in [0.1, 0.15) is 0 Å². The highest BCUT2D eigenvalue weighted by molar-refractivity contribution is 5.82. The summed E-state index contributed by atoms with van der Waals surface area (Å²) in [5, 5.41) is 19.1. The molecule has 1 amide bonds. The molecule has 0 rings (SSSR count). The average Bonchev–Trinajstić information content (AvgIpc) is 1.98. The zero-order valence-electron chi connectivity index (χ0n) is 6.65. The molecule has 0 saturated carbocycles. The molecule has 6 heteroatoms. The second-order valence-corrected chi connectivity index (χ2v) is 2.39. The summed E-state index contributed by atoms with van der Waals surface area (Å²) in [6.45, 7) is 1.14. The van der Waals surface area contributed by atoms with Crippen LogP contribution < -0.4 is 11.1 Å². The number of nitrogens with two attached hydrogens (primary N) is 1. The van der Waals surface area contributed by atoms with E-state index in [4.69, 9.17) is 15.9 Å². The van der Waals surface area contributed by atoms with Crippen molar-refractivity contribution in [2.75, 3.05) is 6.54 Å². The molecule has 6 nitrogen and oxygen atoms in total. The standard InChI is InChI=1S/C6H12N2O4/c1-3(7)5(10)8-2-4(9)6(11)12/h3-4,9H,2,7H2,1H3,(H,8,10)(H,11,12)/t3?,4-/m0/s1. The first kappa shape index (κ1) is 10.9. The van der Waals surface area contributed by atoms with Crippen LogP contribution in [0.1, 0.15) is 6.92 Å². The maximum atomic E-state index is 10.7. The number of hydrogen-bond acceptors (Lipinski definition) is 4. The van der Waals surface area contributed by atoms with E-state index in [0.29, 0.717) is 0 Å². The first-order valence-electron chi connectivity index (χ1n) is 3.39. The van der Waals surface area contributed by atoms with Crippen LogP contribution in [0.15, 0.2) is 0 Å². The largest absolute Gasteiger partial charge is 0.479 e. The summed E-state index contributed by atoms with van der Waals surface area (Å²) in [5.74, 6) is -1.87. The molecule has 0 bridgehead atoms. The number of carboxylic acids is 1. The number of hydrogen-bond donors (Lipinski definition) is 4. The van der Waals surface area contributed by atoms with Crippen molar-refractivity contribution in [3.05, 3.63) is 0 Å². The molecule has 0 aromatic heterocycles. The molecular formula is C6H12N2O4. The molecule has 0 aromatic carbocycles. The molecule has 12 heavy (non-hydrogen) atoms. The minimum absolute atomic E-state index is 0.324. The molecule has 70 valence electrons. The molecule has 0 aromatic rings. The van der Waals surface area contributed by atoms with E-state index in [0.717, 1.165) is 0 Å². The van der Waals surface area contributed by atoms with Gasteiger partial charge in [-0.25, -0.2) is 4.79 Å². The predicted molar refractivity (Wildman–Crippen MR) is 40.3 cm³/mol. The number of nitrogens with one attached hydrogen (secondary N) is 1. The van der Waals surface area contributed by atoms with E-state index >= 15 is 0 Å². The Morgan fingerprint density at radius 1 is 1.58 bits per heavy atom. The van der Waals surface area contributed by atoms with Crippen LogP contribution in [-0.2, 0) is 9.59 Å². The van der Waals surface area contributed by atoms with Gasteiger partial charge in [0.05, 0.1) is 12.6 Å². The van der Waals surface area contributed by atoms with Crippen molar-refractivity contribution in [2.45, 2.75) is 19.1 Å². The van der Waals surface area contributed by atoms with Crippen molar-refractivity contribution < 1.29 is 19.8 Å². The van der Waals surface area contributed by atoms with Crippen LogP contribution in [0.2, 0.25) is 0 Å². The lowest BCUT2D eigenvalue weighted by atomic mass is 10.3. The van der Waals surface area contributed by atoms with E-state index in [1.807, 2.05) is 0 Å². The molecule has 0 heterocycles. The molecule has 0 aliphatic carbocycles. The van der Waals surface area contributed by atoms with Gasteiger partial charge in [0.15, 0.2) is 6.10 Å². The van der Waals surface area contributed by atoms with E-state index in [1.54, 1.807) is 0 Å². The highest BCUT2D eigenvalue weighted by Crippen LogP contribution is 1.81. The van der Waals surface area contributed by atoms with Crippen molar-refractivity contribution in [3.8, 4) is 0 Å². The van der Waals surface area contributed by atoms with Crippen molar-refractivity contribution in [1.29, 1.82) is 0 Å². The fraction of sp³-hybridized carbons (Fsp3) is 0.667. The Morgan fingerprint density at radius 3 is 2.42 bits per heavy atom. The van der Waals surface area contributed by atoms with Crippen molar-refractivity contribution >= 4 is 11.9 Å². The molecule has 0 aliphatic rings. The second-order valence-electron chi connectivity index (χ2n) is 2.39. The number of rotatable bonds is 4. The maximum Gasteiger partial charge on any atom is 0.334 e. The van der Waals surface area contributed by atoms with Gasteiger partial charge < -0.3 is 21.3 Å². The number of aliphatic hydroxyl groups excluding tert-OH is 1. The third-order valence-electron chi connectivity index (χ3n) is 1.17. The van der Waals surface area contributed by atoms with Gasteiger partial charge in [-0.15, -0.1) is 0 Å². The summed E-state index contributed by atoms with van der Waals surface area (Å²) in [6.07, 6.45) is -1.58. The normalized spacial score (nSPS) is 14.9. The average molecular weight is 176 g/mol. The summed E-state index contributed by atoms with van der Waals surface area (Å²) >= 11 is 0. The minimum Gasteiger partial charge on any atom is -0.479 e. The maximum absolute atomic E-state index is 10.7. The molecular weight excluding hydrogens is 164 g/mol.